The van der Waals surface area contributed by atoms with Gasteiger partial charge in [0.2, 0.25) is 0 Å². The second kappa shape index (κ2) is 8.06. The van der Waals surface area contributed by atoms with Crippen molar-refractivity contribution in [3.63, 3.8) is 0 Å². The number of halogens is 2. The maximum absolute atomic E-state index is 12.0. The van der Waals surface area contributed by atoms with E-state index in [1.807, 2.05) is 24.3 Å². The van der Waals surface area contributed by atoms with Gasteiger partial charge in [0.25, 0.3) is 5.91 Å². The van der Waals surface area contributed by atoms with Crippen LogP contribution >= 0.6 is 27.5 Å². The number of carbonyl (C=O) groups excluding carboxylic acids is 1. The largest absolute Gasteiger partial charge is 0.497 e. The molecule has 1 amide bonds. The molecule has 0 aliphatic heterocycles. The molecule has 4 nitrogen and oxygen atoms in total. The average molecular weight is 385 g/mol. The van der Waals surface area contributed by atoms with Crippen LogP contribution < -0.4 is 14.8 Å². The van der Waals surface area contributed by atoms with Gasteiger partial charge in [0, 0.05) is 4.47 Å². The number of ether oxygens (including phenoxy) is 2. The van der Waals surface area contributed by atoms with E-state index in [1.165, 1.54) is 0 Å². The summed E-state index contributed by atoms with van der Waals surface area (Å²) in [7, 11) is 1.61. The van der Waals surface area contributed by atoms with Crippen LogP contribution in [0.2, 0.25) is 5.02 Å². The highest BCUT2D eigenvalue weighted by atomic mass is 79.9. The van der Waals surface area contributed by atoms with Crippen LogP contribution in [0.1, 0.15) is 10.4 Å². The van der Waals surface area contributed by atoms with Crippen molar-refractivity contribution in [2.75, 3.05) is 20.3 Å². The van der Waals surface area contributed by atoms with Gasteiger partial charge in [0.15, 0.2) is 0 Å². The van der Waals surface area contributed by atoms with Crippen LogP contribution in [0.25, 0.3) is 0 Å². The van der Waals surface area contributed by atoms with Gasteiger partial charge in [-0.15, -0.1) is 0 Å². The van der Waals surface area contributed by atoms with Crippen molar-refractivity contribution in [3.05, 3.63) is 57.5 Å². The average Bonchev–Trinajstić information content (AvgIpc) is 2.54. The van der Waals surface area contributed by atoms with Crippen LogP contribution in [-0.2, 0) is 0 Å². The number of nitrogens with one attached hydrogen (secondary N) is 1. The molecule has 0 aliphatic rings. The SMILES string of the molecule is COc1ccc(OCCNC(=O)c2cc(Br)ccc2Cl)cc1. The highest BCUT2D eigenvalue weighted by Gasteiger charge is 2.10. The highest BCUT2D eigenvalue weighted by Crippen LogP contribution is 2.21. The predicted octanol–water partition coefficient (Wildman–Crippen LogP) is 3.92. The minimum Gasteiger partial charge on any atom is -0.497 e. The van der Waals surface area contributed by atoms with Gasteiger partial charge < -0.3 is 14.8 Å². The van der Waals surface area contributed by atoms with Gasteiger partial charge in [-0.2, -0.15) is 0 Å². The lowest BCUT2D eigenvalue weighted by Crippen LogP contribution is -2.28. The van der Waals surface area contributed by atoms with Crippen LogP contribution in [0.5, 0.6) is 11.5 Å². The van der Waals surface area contributed by atoms with E-state index in [2.05, 4.69) is 21.2 Å². The van der Waals surface area contributed by atoms with E-state index in [4.69, 9.17) is 21.1 Å². The van der Waals surface area contributed by atoms with Gasteiger partial charge in [-0.25, -0.2) is 0 Å². The van der Waals surface area contributed by atoms with Gasteiger partial charge in [-0.05, 0) is 42.5 Å². The fourth-order valence-corrected chi connectivity index (χ4v) is 2.34. The predicted molar refractivity (Wildman–Crippen MR) is 90.0 cm³/mol. The Morgan fingerprint density at radius 2 is 1.86 bits per heavy atom. The molecule has 0 saturated carbocycles. The molecule has 116 valence electrons. The summed E-state index contributed by atoms with van der Waals surface area (Å²) in [5.74, 6) is 1.25. The third-order valence-electron chi connectivity index (χ3n) is 2.89. The molecule has 0 saturated heterocycles. The Labute approximate surface area is 142 Å². The lowest BCUT2D eigenvalue weighted by molar-refractivity contribution is 0.0947. The fraction of sp³-hybridized carbons (Fsp3) is 0.188. The first-order valence-corrected chi connectivity index (χ1v) is 7.77. The maximum Gasteiger partial charge on any atom is 0.252 e. The summed E-state index contributed by atoms with van der Waals surface area (Å²) in [6.07, 6.45) is 0. The Kier molecular flexibility index (Phi) is 6.10. The van der Waals surface area contributed by atoms with Crippen LogP contribution in [0.4, 0.5) is 0 Å². The van der Waals surface area contributed by atoms with Gasteiger partial charge in [0.1, 0.15) is 18.1 Å². The number of carbonyl (C=O) groups is 1. The van der Waals surface area contributed by atoms with E-state index in [1.54, 1.807) is 25.3 Å². The number of benzene rings is 2. The summed E-state index contributed by atoms with van der Waals surface area (Å²) < 4.78 is 11.4. The van der Waals surface area contributed by atoms with E-state index < -0.39 is 0 Å². The second-order valence-electron chi connectivity index (χ2n) is 4.40. The third-order valence-corrected chi connectivity index (χ3v) is 3.71. The Balaban J connectivity index is 1.80. The minimum absolute atomic E-state index is 0.232. The van der Waals surface area contributed by atoms with Crippen molar-refractivity contribution in [1.29, 1.82) is 0 Å². The van der Waals surface area contributed by atoms with E-state index in [0.717, 1.165) is 16.0 Å². The van der Waals surface area contributed by atoms with E-state index in [-0.39, 0.29) is 5.91 Å². The van der Waals surface area contributed by atoms with Crippen molar-refractivity contribution >= 4 is 33.4 Å². The summed E-state index contributed by atoms with van der Waals surface area (Å²) in [6.45, 7) is 0.747. The maximum atomic E-state index is 12.0. The molecule has 0 fully saturated rings. The molecule has 0 radical (unpaired) electrons. The van der Waals surface area contributed by atoms with Crippen molar-refractivity contribution < 1.29 is 14.3 Å². The Hall–Kier alpha value is -1.72. The Morgan fingerprint density at radius 3 is 2.55 bits per heavy atom. The topological polar surface area (TPSA) is 47.6 Å². The molecule has 1 N–H and O–H groups in total. The number of rotatable bonds is 6. The molecule has 0 atom stereocenters. The smallest absolute Gasteiger partial charge is 0.252 e. The zero-order valence-corrected chi connectivity index (χ0v) is 14.3. The summed E-state index contributed by atoms with van der Waals surface area (Å²) in [5, 5.41) is 3.18. The lowest BCUT2D eigenvalue weighted by atomic mass is 10.2. The minimum atomic E-state index is -0.232. The molecule has 0 aliphatic carbocycles. The number of methoxy groups -OCH3 is 1. The van der Waals surface area contributed by atoms with Crippen LogP contribution in [0, 0.1) is 0 Å². The van der Waals surface area contributed by atoms with Crippen LogP contribution in [0.3, 0.4) is 0 Å². The molecule has 0 unspecified atom stereocenters. The normalized spacial score (nSPS) is 10.1. The summed E-state index contributed by atoms with van der Waals surface area (Å²) in [4.78, 5) is 12.0. The van der Waals surface area contributed by atoms with Crippen molar-refractivity contribution in [1.82, 2.24) is 5.32 Å². The molecule has 2 rings (SSSR count). The van der Waals surface area contributed by atoms with Crippen molar-refractivity contribution in [3.8, 4) is 11.5 Å². The van der Waals surface area contributed by atoms with E-state index in [0.29, 0.717) is 23.7 Å². The van der Waals surface area contributed by atoms with E-state index >= 15 is 0 Å². The zero-order valence-electron chi connectivity index (χ0n) is 11.9. The Morgan fingerprint density at radius 1 is 1.18 bits per heavy atom. The summed E-state index contributed by atoms with van der Waals surface area (Å²) in [5.41, 5.74) is 0.431. The van der Waals surface area contributed by atoms with Crippen LogP contribution in [-0.4, -0.2) is 26.2 Å². The monoisotopic (exact) mass is 383 g/mol. The third kappa shape index (κ3) is 4.64. The highest BCUT2D eigenvalue weighted by molar-refractivity contribution is 9.10. The van der Waals surface area contributed by atoms with Gasteiger partial charge >= 0.3 is 0 Å². The molecule has 2 aromatic carbocycles. The molecule has 6 heteroatoms. The van der Waals surface area contributed by atoms with Crippen molar-refractivity contribution in [2.24, 2.45) is 0 Å². The van der Waals surface area contributed by atoms with E-state index in [9.17, 15) is 4.79 Å². The zero-order chi connectivity index (χ0) is 15.9. The van der Waals surface area contributed by atoms with Gasteiger partial charge in [-0.1, -0.05) is 27.5 Å². The first-order valence-electron chi connectivity index (χ1n) is 6.60. The molecular formula is C16H15BrClNO3. The van der Waals surface area contributed by atoms with Crippen molar-refractivity contribution in [2.45, 2.75) is 0 Å². The lowest BCUT2D eigenvalue weighted by Gasteiger charge is -2.09. The summed E-state index contributed by atoms with van der Waals surface area (Å²) in [6, 6.07) is 12.4. The van der Waals surface area contributed by atoms with Crippen LogP contribution in [0.15, 0.2) is 46.9 Å². The number of hydrogen-bond donors (Lipinski definition) is 1. The fourth-order valence-electron chi connectivity index (χ4n) is 1.77. The molecule has 0 aromatic heterocycles. The molecule has 0 bridgehead atoms. The molecule has 22 heavy (non-hydrogen) atoms. The quantitative estimate of drug-likeness (QED) is 0.768. The standard InChI is InChI=1S/C16H15BrClNO3/c1-21-12-3-5-13(6-4-12)22-9-8-19-16(20)14-10-11(17)2-7-15(14)18/h2-7,10H,8-9H2,1H3,(H,19,20). The second-order valence-corrected chi connectivity index (χ2v) is 5.73. The molecule has 0 heterocycles. The first kappa shape index (κ1) is 16.6. The molecular weight excluding hydrogens is 370 g/mol. The number of amides is 1. The molecule has 0 spiro atoms. The van der Waals surface area contributed by atoms with Gasteiger partial charge in [0.05, 0.1) is 24.2 Å². The molecule has 2 aromatic rings. The van der Waals surface area contributed by atoms with Gasteiger partial charge in [-0.3, -0.25) is 4.79 Å². The first-order chi connectivity index (χ1) is 10.6. The summed E-state index contributed by atoms with van der Waals surface area (Å²) >= 11 is 9.32. The Bertz CT molecular complexity index is 646. The number of hydrogen-bond acceptors (Lipinski definition) is 3.